The van der Waals surface area contributed by atoms with Crippen molar-refractivity contribution < 1.29 is 14.6 Å². The van der Waals surface area contributed by atoms with Gasteiger partial charge in [-0.1, -0.05) is 60.7 Å². The topological polar surface area (TPSA) is 75.8 Å². The third kappa shape index (κ3) is 1.76. The first-order valence-electron chi connectivity index (χ1n) is 6.22. The van der Waals surface area contributed by atoms with E-state index in [0.717, 1.165) is 5.01 Å². The van der Waals surface area contributed by atoms with Gasteiger partial charge in [0, 0.05) is 5.56 Å². The first-order chi connectivity index (χ1) is 9.64. The van der Waals surface area contributed by atoms with Gasteiger partial charge in [0.1, 0.15) is 0 Å². The van der Waals surface area contributed by atoms with Crippen molar-refractivity contribution in [2.24, 2.45) is 5.84 Å². The average molecular weight is 270 g/mol. The number of carbonyl (C=O) groups excluding carboxylic acids is 1. The summed E-state index contributed by atoms with van der Waals surface area (Å²) in [5.74, 6) is 5.73. The zero-order valence-electron chi connectivity index (χ0n) is 10.6. The molecular formula is C15H14N2O3. The Morgan fingerprint density at radius 3 is 2.20 bits per heavy atom. The predicted molar refractivity (Wildman–Crippen MR) is 72.0 cm³/mol. The maximum absolute atomic E-state index is 11.8. The highest BCUT2D eigenvalue weighted by Gasteiger charge is 2.55. The lowest BCUT2D eigenvalue weighted by Gasteiger charge is -2.31. The molecule has 102 valence electrons. The molecule has 3 rings (SSSR count). The molecule has 2 unspecified atom stereocenters. The van der Waals surface area contributed by atoms with Crippen LogP contribution in [0.5, 0.6) is 0 Å². The highest BCUT2D eigenvalue weighted by molar-refractivity contribution is 5.71. The summed E-state index contributed by atoms with van der Waals surface area (Å²) in [5.41, 5.74) is -0.540. The largest absolute Gasteiger partial charge is 0.435 e. The highest BCUT2D eigenvalue weighted by Crippen LogP contribution is 2.44. The van der Waals surface area contributed by atoms with Crippen molar-refractivity contribution in [3.8, 4) is 0 Å². The third-order valence-corrected chi connectivity index (χ3v) is 3.45. The van der Waals surface area contributed by atoms with Gasteiger partial charge in [0.05, 0.1) is 0 Å². The minimum Gasteiger partial charge on any atom is -0.435 e. The van der Waals surface area contributed by atoms with Crippen molar-refractivity contribution in [2.45, 2.75) is 11.8 Å². The van der Waals surface area contributed by atoms with Crippen molar-refractivity contribution in [1.82, 2.24) is 5.01 Å². The molecular weight excluding hydrogens is 256 g/mol. The van der Waals surface area contributed by atoms with Crippen molar-refractivity contribution >= 4 is 6.09 Å². The molecule has 0 spiro atoms. The van der Waals surface area contributed by atoms with Crippen molar-refractivity contribution in [2.75, 3.05) is 0 Å². The van der Waals surface area contributed by atoms with Gasteiger partial charge in [-0.25, -0.2) is 15.6 Å². The normalized spacial score (nSPS) is 25.6. The summed E-state index contributed by atoms with van der Waals surface area (Å²) >= 11 is 0. The Labute approximate surface area is 116 Å². The van der Waals surface area contributed by atoms with E-state index >= 15 is 0 Å². The van der Waals surface area contributed by atoms with Crippen LogP contribution in [0.25, 0.3) is 0 Å². The molecule has 1 amide bonds. The summed E-state index contributed by atoms with van der Waals surface area (Å²) in [6.07, 6.45) is -1.63. The number of ether oxygens (including phenoxy) is 1. The van der Waals surface area contributed by atoms with Crippen LogP contribution in [0.4, 0.5) is 4.79 Å². The molecule has 1 aliphatic heterocycles. The minimum absolute atomic E-state index is 0.502. The second kappa shape index (κ2) is 4.63. The SMILES string of the molecule is NN1C(=O)OC(c2ccccc2)C1(O)c1ccccc1. The molecule has 5 nitrogen and oxygen atoms in total. The molecule has 3 N–H and O–H groups in total. The Morgan fingerprint density at radius 2 is 1.60 bits per heavy atom. The second-order valence-electron chi connectivity index (χ2n) is 4.64. The molecule has 1 heterocycles. The second-order valence-corrected chi connectivity index (χ2v) is 4.64. The average Bonchev–Trinajstić information content (AvgIpc) is 2.74. The fourth-order valence-electron chi connectivity index (χ4n) is 2.41. The molecule has 0 radical (unpaired) electrons. The minimum atomic E-state index is -1.72. The fraction of sp³-hybridized carbons (Fsp3) is 0.133. The summed E-state index contributed by atoms with van der Waals surface area (Å²) in [5, 5.41) is 11.7. The van der Waals surface area contributed by atoms with Crippen LogP contribution < -0.4 is 5.84 Å². The summed E-state index contributed by atoms with van der Waals surface area (Å²) in [6.45, 7) is 0. The first-order valence-corrected chi connectivity index (χ1v) is 6.22. The van der Waals surface area contributed by atoms with Crippen LogP contribution in [0.15, 0.2) is 60.7 Å². The van der Waals surface area contributed by atoms with Gasteiger partial charge < -0.3 is 9.84 Å². The molecule has 2 aromatic carbocycles. The Hall–Kier alpha value is -2.37. The fourth-order valence-corrected chi connectivity index (χ4v) is 2.41. The van der Waals surface area contributed by atoms with E-state index in [1.165, 1.54) is 0 Å². The number of amides is 1. The zero-order chi connectivity index (χ0) is 14.2. The zero-order valence-corrected chi connectivity index (χ0v) is 10.6. The quantitative estimate of drug-likeness (QED) is 0.645. The van der Waals surface area contributed by atoms with Crippen LogP contribution in [-0.2, 0) is 10.5 Å². The molecule has 0 bridgehead atoms. The molecule has 20 heavy (non-hydrogen) atoms. The Balaban J connectivity index is 2.12. The maximum atomic E-state index is 11.8. The third-order valence-electron chi connectivity index (χ3n) is 3.45. The van der Waals surface area contributed by atoms with Gasteiger partial charge in [0.15, 0.2) is 6.10 Å². The standard InChI is InChI=1S/C15H14N2O3/c16-17-14(18)20-13(11-7-3-1-4-8-11)15(17,19)12-9-5-2-6-10-12/h1-10,13,19H,16H2. The lowest BCUT2D eigenvalue weighted by Crippen LogP contribution is -2.49. The Kier molecular flexibility index (Phi) is 2.93. The van der Waals surface area contributed by atoms with Gasteiger partial charge in [-0.15, -0.1) is 0 Å². The van der Waals surface area contributed by atoms with Crippen LogP contribution >= 0.6 is 0 Å². The van der Waals surface area contributed by atoms with Crippen LogP contribution in [0, 0.1) is 0 Å². The number of hydrogen-bond donors (Lipinski definition) is 2. The van der Waals surface area contributed by atoms with Gasteiger partial charge in [0.25, 0.3) is 0 Å². The summed E-state index contributed by atoms with van der Waals surface area (Å²) in [4.78, 5) is 11.8. The van der Waals surface area contributed by atoms with Gasteiger partial charge in [-0.3, -0.25) is 0 Å². The van der Waals surface area contributed by atoms with E-state index in [9.17, 15) is 9.90 Å². The van der Waals surface area contributed by atoms with Crippen LogP contribution in [0.1, 0.15) is 17.2 Å². The van der Waals surface area contributed by atoms with E-state index in [1.54, 1.807) is 36.4 Å². The summed E-state index contributed by atoms with van der Waals surface area (Å²) in [6, 6.07) is 17.8. The lowest BCUT2D eigenvalue weighted by molar-refractivity contribution is -0.110. The highest BCUT2D eigenvalue weighted by atomic mass is 16.6. The number of hydrazine groups is 1. The molecule has 2 atom stereocenters. The maximum Gasteiger partial charge on any atom is 0.427 e. The van der Waals surface area contributed by atoms with Gasteiger partial charge in [-0.2, -0.15) is 0 Å². The van der Waals surface area contributed by atoms with E-state index in [1.807, 2.05) is 24.3 Å². The molecule has 1 fully saturated rings. The van der Waals surface area contributed by atoms with Crippen LogP contribution in [0.3, 0.4) is 0 Å². The van der Waals surface area contributed by atoms with Gasteiger partial charge in [-0.05, 0) is 5.56 Å². The number of cyclic esters (lactones) is 1. The number of nitrogens with two attached hydrogens (primary N) is 1. The number of nitrogens with zero attached hydrogens (tertiary/aromatic N) is 1. The predicted octanol–water partition coefficient (Wildman–Crippen LogP) is 1.90. The number of hydrogen-bond acceptors (Lipinski definition) is 4. The van der Waals surface area contributed by atoms with E-state index < -0.39 is 17.9 Å². The molecule has 0 aromatic heterocycles. The molecule has 1 aliphatic rings. The number of benzene rings is 2. The van der Waals surface area contributed by atoms with E-state index in [0.29, 0.717) is 11.1 Å². The van der Waals surface area contributed by atoms with Crippen molar-refractivity contribution in [3.05, 3.63) is 71.8 Å². The number of rotatable bonds is 2. The van der Waals surface area contributed by atoms with Crippen LogP contribution in [-0.4, -0.2) is 16.2 Å². The van der Waals surface area contributed by atoms with Crippen molar-refractivity contribution in [1.29, 1.82) is 0 Å². The molecule has 1 saturated heterocycles. The Bertz CT molecular complexity index is 618. The number of aliphatic hydroxyl groups is 1. The van der Waals surface area contributed by atoms with Crippen LogP contribution in [0.2, 0.25) is 0 Å². The monoisotopic (exact) mass is 270 g/mol. The van der Waals surface area contributed by atoms with E-state index in [2.05, 4.69) is 0 Å². The lowest BCUT2D eigenvalue weighted by atomic mass is 9.92. The molecule has 0 aliphatic carbocycles. The van der Waals surface area contributed by atoms with Gasteiger partial charge in [0.2, 0.25) is 5.72 Å². The summed E-state index contributed by atoms with van der Waals surface area (Å²) in [7, 11) is 0. The number of carbonyl (C=O) groups is 1. The van der Waals surface area contributed by atoms with E-state index in [-0.39, 0.29) is 0 Å². The first kappa shape index (κ1) is 12.7. The molecule has 0 saturated carbocycles. The molecule has 2 aromatic rings. The molecule has 5 heteroatoms. The summed E-state index contributed by atoms with van der Waals surface area (Å²) < 4.78 is 5.24. The smallest absolute Gasteiger partial charge is 0.427 e. The van der Waals surface area contributed by atoms with Crippen molar-refractivity contribution in [3.63, 3.8) is 0 Å². The Morgan fingerprint density at radius 1 is 1.05 bits per heavy atom. The van der Waals surface area contributed by atoms with Gasteiger partial charge >= 0.3 is 6.09 Å². The van der Waals surface area contributed by atoms with E-state index in [4.69, 9.17) is 10.6 Å².